The first kappa shape index (κ1) is 20.3. The Hall–Kier alpha value is -3.95. The molecule has 2 aromatic heterocycles. The van der Waals surface area contributed by atoms with Crippen LogP contribution >= 0.6 is 11.3 Å². The third-order valence-corrected chi connectivity index (χ3v) is 6.16. The van der Waals surface area contributed by atoms with Crippen LogP contribution in [0.2, 0.25) is 0 Å². The SMILES string of the molecule is CNc1sc2c3c(c(=O)[nH]c2c1C#N)C(c1ccccc1OC(C)C)C(C#N)=C(N)O3. The van der Waals surface area contributed by atoms with Crippen LogP contribution in [0.3, 0.4) is 0 Å². The molecule has 0 bridgehead atoms. The van der Waals surface area contributed by atoms with E-state index < -0.39 is 11.5 Å². The fourth-order valence-corrected chi connectivity index (χ4v) is 4.78. The number of rotatable bonds is 4. The van der Waals surface area contributed by atoms with Gasteiger partial charge < -0.3 is 25.5 Å². The molecule has 1 aliphatic heterocycles. The largest absolute Gasteiger partial charge is 0.491 e. The zero-order valence-corrected chi connectivity index (χ0v) is 17.9. The third-order valence-electron chi connectivity index (χ3n) is 4.95. The number of nitrogens with zero attached hydrogens (tertiary/aromatic N) is 2. The van der Waals surface area contributed by atoms with Gasteiger partial charge in [-0.25, -0.2) is 0 Å². The van der Waals surface area contributed by atoms with Gasteiger partial charge in [-0.05, 0) is 19.9 Å². The van der Waals surface area contributed by atoms with Gasteiger partial charge in [0.15, 0.2) is 5.75 Å². The van der Waals surface area contributed by atoms with E-state index in [1.54, 1.807) is 19.2 Å². The lowest BCUT2D eigenvalue weighted by molar-refractivity contribution is 0.239. The number of nitrogens with one attached hydrogen (secondary N) is 2. The van der Waals surface area contributed by atoms with Crippen LogP contribution in [-0.4, -0.2) is 18.1 Å². The predicted octanol–water partition coefficient (Wildman–Crippen LogP) is 3.51. The van der Waals surface area contributed by atoms with E-state index >= 15 is 0 Å². The van der Waals surface area contributed by atoms with E-state index in [4.69, 9.17) is 15.2 Å². The highest BCUT2D eigenvalue weighted by atomic mass is 32.1. The highest BCUT2D eigenvalue weighted by Gasteiger charge is 2.37. The Morgan fingerprint density at radius 2 is 2.03 bits per heavy atom. The summed E-state index contributed by atoms with van der Waals surface area (Å²) < 4.78 is 12.3. The number of aromatic nitrogens is 1. The normalized spacial score (nSPS) is 15.2. The number of allylic oxidation sites excluding steroid dienone is 1. The molecular formula is C22H19N5O3S. The summed E-state index contributed by atoms with van der Waals surface area (Å²) in [4.78, 5) is 16.1. The van der Waals surface area contributed by atoms with Crippen molar-refractivity contribution in [2.75, 3.05) is 12.4 Å². The van der Waals surface area contributed by atoms with Crippen molar-refractivity contribution in [2.24, 2.45) is 5.73 Å². The minimum atomic E-state index is -0.775. The topological polar surface area (TPSA) is 137 Å². The molecule has 8 nitrogen and oxygen atoms in total. The first-order chi connectivity index (χ1) is 14.9. The van der Waals surface area contributed by atoms with Crippen molar-refractivity contribution >= 4 is 26.6 Å². The van der Waals surface area contributed by atoms with Crippen molar-refractivity contribution in [3.05, 3.63) is 62.8 Å². The van der Waals surface area contributed by atoms with Crippen LogP contribution in [0.1, 0.15) is 36.5 Å². The number of aromatic amines is 1. The lowest BCUT2D eigenvalue weighted by Crippen LogP contribution is -2.28. The minimum absolute atomic E-state index is 0.0795. The zero-order chi connectivity index (χ0) is 22.3. The van der Waals surface area contributed by atoms with Gasteiger partial charge in [0.2, 0.25) is 5.88 Å². The van der Waals surface area contributed by atoms with E-state index in [2.05, 4.69) is 22.4 Å². The number of pyridine rings is 1. The monoisotopic (exact) mass is 433 g/mol. The number of para-hydroxylation sites is 1. The summed E-state index contributed by atoms with van der Waals surface area (Å²) in [5.41, 5.74) is 7.40. The molecule has 4 rings (SSSR count). The summed E-state index contributed by atoms with van der Waals surface area (Å²) in [6.07, 6.45) is -0.109. The summed E-state index contributed by atoms with van der Waals surface area (Å²) in [5.74, 6) is -0.0514. The number of hydrogen-bond acceptors (Lipinski definition) is 8. The van der Waals surface area contributed by atoms with Gasteiger partial charge in [0, 0.05) is 12.6 Å². The lowest BCUT2D eigenvalue weighted by Gasteiger charge is -2.27. The maximum atomic E-state index is 13.3. The van der Waals surface area contributed by atoms with Crippen LogP contribution in [0, 0.1) is 22.7 Å². The van der Waals surface area contributed by atoms with E-state index in [0.717, 1.165) is 0 Å². The number of hydrogen-bond donors (Lipinski definition) is 3. The fraction of sp³-hybridized carbons (Fsp3) is 0.227. The van der Waals surface area contributed by atoms with E-state index in [1.165, 1.54) is 11.3 Å². The van der Waals surface area contributed by atoms with E-state index in [9.17, 15) is 15.3 Å². The molecule has 0 fully saturated rings. The number of fused-ring (bicyclic) bond motifs is 3. The van der Waals surface area contributed by atoms with E-state index in [1.807, 2.05) is 26.0 Å². The summed E-state index contributed by atoms with van der Waals surface area (Å²) in [6, 6.07) is 11.4. The summed E-state index contributed by atoms with van der Waals surface area (Å²) in [7, 11) is 1.70. The molecule has 3 heterocycles. The van der Waals surface area contributed by atoms with Crippen molar-refractivity contribution in [3.63, 3.8) is 0 Å². The van der Waals surface area contributed by atoms with Crippen LogP contribution in [-0.2, 0) is 0 Å². The molecule has 0 radical (unpaired) electrons. The highest BCUT2D eigenvalue weighted by Crippen LogP contribution is 2.48. The Morgan fingerprint density at radius 3 is 2.68 bits per heavy atom. The fourth-order valence-electron chi connectivity index (χ4n) is 3.73. The van der Waals surface area contributed by atoms with Gasteiger partial charge in [0.05, 0.1) is 27.8 Å². The van der Waals surface area contributed by atoms with Gasteiger partial charge in [-0.15, -0.1) is 11.3 Å². The molecule has 1 aromatic carbocycles. The second-order valence-corrected chi connectivity index (χ2v) is 8.22. The number of ether oxygens (including phenoxy) is 2. The molecule has 1 unspecified atom stereocenters. The highest BCUT2D eigenvalue weighted by molar-refractivity contribution is 7.23. The summed E-state index contributed by atoms with van der Waals surface area (Å²) >= 11 is 1.27. The Bertz CT molecular complexity index is 1370. The smallest absolute Gasteiger partial charge is 0.256 e. The first-order valence-electron chi connectivity index (χ1n) is 9.54. The van der Waals surface area contributed by atoms with Gasteiger partial charge >= 0.3 is 0 Å². The maximum absolute atomic E-state index is 13.3. The van der Waals surface area contributed by atoms with Crippen molar-refractivity contribution in [1.29, 1.82) is 10.5 Å². The molecule has 31 heavy (non-hydrogen) atoms. The maximum Gasteiger partial charge on any atom is 0.256 e. The van der Waals surface area contributed by atoms with Gasteiger partial charge in [-0.1, -0.05) is 18.2 Å². The average molecular weight is 433 g/mol. The molecule has 4 N–H and O–H groups in total. The Kier molecular flexibility index (Phi) is 5.05. The summed E-state index contributed by atoms with van der Waals surface area (Å²) in [5, 5.41) is 23.0. The number of H-pyrrole nitrogens is 1. The predicted molar refractivity (Wildman–Crippen MR) is 118 cm³/mol. The number of nitrogens with two attached hydrogens (primary N) is 1. The molecule has 3 aromatic rings. The minimum Gasteiger partial charge on any atom is -0.491 e. The third kappa shape index (κ3) is 3.16. The summed E-state index contributed by atoms with van der Waals surface area (Å²) in [6.45, 7) is 3.80. The van der Waals surface area contributed by atoms with Gasteiger partial charge in [0.25, 0.3) is 5.56 Å². The molecule has 1 aliphatic rings. The van der Waals surface area contributed by atoms with Crippen molar-refractivity contribution in [1.82, 2.24) is 4.98 Å². The average Bonchev–Trinajstić information content (AvgIpc) is 3.10. The second-order valence-electron chi connectivity index (χ2n) is 7.20. The second kappa shape index (κ2) is 7.71. The van der Waals surface area contributed by atoms with Crippen LogP contribution in [0.4, 0.5) is 5.00 Å². The molecule has 1 atom stereocenters. The number of thiophene rings is 1. The molecule has 0 amide bonds. The van der Waals surface area contributed by atoms with Crippen LogP contribution in [0.5, 0.6) is 11.5 Å². The number of anilines is 1. The molecule has 0 spiro atoms. The standard InChI is InChI=1S/C22H19N5O3S/c1-10(2)29-14-7-5-4-6-11(14)15-12(8-23)20(25)30-18-16(15)21(28)27-17-13(9-24)22(26-3)31-19(17)18/h4-7,10,15,26H,25H2,1-3H3,(H,27,28). The first-order valence-corrected chi connectivity index (χ1v) is 10.4. The van der Waals surface area contributed by atoms with Crippen molar-refractivity contribution in [3.8, 4) is 23.6 Å². The molecule has 0 saturated carbocycles. The molecule has 9 heteroatoms. The van der Waals surface area contributed by atoms with E-state index in [0.29, 0.717) is 32.1 Å². The molecule has 0 saturated heterocycles. The van der Waals surface area contributed by atoms with Crippen LogP contribution < -0.4 is 26.1 Å². The van der Waals surface area contributed by atoms with Gasteiger partial charge in [-0.2, -0.15) is 10.5 Å². The van der Waals surface area contributed by atoms with Crippen molar-refractivity contribution < 1.29 is 9.47 Å². The molecule has 0 aliphatic carbocycles. The van der Waals surface area contributed by atoms with Crippen LogP contribution in [0.15, 0.2) is 40.5 Å². The Labute approximate surface area is 182 Å². The van der Waals surface area contributed by atoms with Crippen LogP contribution in [0.25, 0.3) is 10.2 Å². The number of nitriles is 2. The Morgan fingerprint density at radius 1 is 1.29 bits per heavy atom. The lowest BCUT2D eigenvalue weighted by atomic mass is 9.83. The molecular weight excluding hydrogens is 414 g/mol. The quantitative estimate of drug-likeness (QED) is 0.572. The number of benzene rings is 1. The molecule has 156 valence electrons. The Balaban J connectivity index is 2.08. The zero-order valence-electron chi connectivity index (χ0n) is 17.1. The van der Waals surface area contributed by atoms with E-state index in [-0.39, 0.29) is 28.9 Å². The van der Waals surface area contributed by atoms with Gasteiger partial charge in [0.1, 0.15) is 34.0 Å². The van der Waals surface area contributed by atoms with Crippen molar-refractivity contribution in [2.45, 2.75) is 25.9 Å². The van der Waals surface area contributed by atoms with Gasteiger partial charge in [-0.3, -0.25) is 4.79 Å².